The van der Waals surface area contributed by atoms with E-state index >= 15 is 0 Å². The summed E-state index contributed by atoms with van der Waals surface area (Å²) in [4.78, 5) is 21.4. The molecule has 1 aromatic carbocycles. The Morgan fingerprint density at radius 2 is 1.97 bits per heavy atom. The topological polar surface area (TPSA) is 69.2 Å². The molecule has 0 saturated carbocycles. The van der Waals surface area contributed by atoms with Crippen LogP contribution in [-0.2, 0) is 4.79 Å². The van der Waals surface area contributed by atoms with Crippen molar-refractivity contribution in [1.29, 1.82) is 0 Å². The highest BCUT2D eigenvalue weighted by Crippen LogP contribution is 2.31. The van der Waals surface area contributed by atoms with Crippen LogP contribution in [0, 0.1) is 0 Å². The van der Waals surface area contributed by atoms with E-state index in [1.54, 1.807) is 0 Å². The molecule has 0 atom stereocenters. The zero-order valence-corrected chi connectivity index (χ0v) is 18.5. The number of rotatable bonds is 9. The molecule has 0 aliphatic carbocycles. The van der Waals surface area contributed by atoms with Crippen LogP contribution >= 0.6 is 0 Å². The standard InChI is InChI=1S/C23H37N5O2/c1-3-5-14-27-16-11-19(12-17-27)26-23(24-4-2)25-13-8-15-28-20-9-6-7-10-21(20)30-18-22(28)29/h6-7,9-10,19H,3-5,8,11-18H2,1-2H3,(H2,24,25,26). The van der Waals surface area contributed by atoms with Gasteiger partial charge in [-0.3, -0.25) is 9.79 Å². The molecule has 2 N–H and O–H groups in total. The molecule has 7 nitrogen and oxygen atoms in total. The summed E-state index contributed by atoms with van der Waals surface area (Å²) in [6, 6.07) is 8.20. The number of ether oxygens (including phenoxy) is 1. The average molecular weight is 416 g/mol. The molecule has 2 aliphatic rings. The first-order valence-corrected chi connectivity index (χ1v) is 11.5. The third-order valence-electron chi connectivity index (χ3n) is 5.72. The van der Waals surface area contributed by atoms with Crippen LogP contribution in [0.4, 0.5) is 5.69 Å². The third kappa shape index (κ3) is 6.36. The van der Waals surface area contributed by atoms with Gasteiger partial charge in [0.2, 0.25) is 0 Å². The fourth-order valence-electron chi connectivity index (χ4n) is 4.01. The Morgan fingerprint density at radius 1 is 1.17 bits per heavy atom. The molecule has 3 rings (SSSR count). The normalized spacial score (nSPS) is 18.1. The van der Waals surface area contributed by atoms with Crippen molar-refractivity contribution >= 4 is 17.6 Å². The minimum Gasteiger partial charge on any atom is -0.482 e. The SMILES string of the molecule is CCCCN1CCC(NC(=NCCCN2C(=O)COc3ccccc32)NCC)CC1. The maximum Gasteiger partial charge on any atom is 0.265 e. The number of para-hydroxylation sites is 2. The molecule has 1 amide bonds. The van der Waals surface area contributed by atoms with Crippen LogP contribution in [0.2, 0.25) is 0 Å². The number of piperidine rings is 1. The van der Waals surface area contributed by atoms with Crippen LogP contribution in [0.3, 0.4) is 0 Å². The van der Waals surface area contributed by atoms with E-state index in [1.165, 1.54) is 19.4 Å². The number of nitrogens with zero attached hydrogens (tertiary/aromatic N) is 3. The van der Waals surface area contributed by atoms with E-state index in [1.807, 2.05) is 29.2 Å². The molecule has 1 aromatic rings. The minimum atomic E-state index is 0.0116. The summed E-state index contributed by atoms with van der Waals surface area (Å²) in [7, 11) is 0. The first kappa shape index (κ1) is 22.4. The Kier molecular flexibility index (Phi) is 8.81. The molecule has 2 aliphatic heterocycles. The molecule has 1 fully saturated rings. The van der Waals surface area contributed by atoms with Gasteiger partial charge in [-0.25, -0.2) is 0 Å². The van der Waals surface area contributed by atoms with Gasteiger partial charge in [0, 0.05) is 38.8 Å². The van der Waals surface area contributed by atoms with E-state index in [-0.39, 0.29) is 12.5 Å². The van der Waals surface area contributed by atoms with Crippen LogP contribution in [-0.4, -0.2) is 68.7 Å². The maximum atomic E-state index is 12.3. The van der Waals surface area contributed by atoms with Gasteiger partial charge in [-0.1, -0.05) is 25.5 Å². The van der Waals surface area contributed by atoms with Crippen molar-refractivity contribution < 1.29 is 9.53 Å². The second-order valence-electron chi connectivity index (χ2n) is 8.03. The van der Waals surface area contributed by atoms with Crippen LogP contribution in [0.5, 0.6) is 5.75 Å². The van der Waals surface area contributed by atoms with Gasteiger partial charge in [-0.15, -0.1) is 0 Å². The van der Waals surface area contributed by atoms with Crippen molar-refractivity contribution in [2.45, 2.75) is 52.0 Å². The van der Waals surface area contributed by atoms with Crippen LogP contribution in [0.15, 0.2) is 29.3 Å². The van der Waals surface area contributed by atoms with Gasteiger partial charge in [0.1, 0.15) is 5.75 Å². The van der Waals surface area contributed by atoms with Gasteiger partial charge in [0.25, 0.3) is 5.91 Å². The summed E-state index contributed by atoms with van der Waals surface area (Å²) >= 11 is 0. The second-order valence-corrected chi connectivity index (χ2v) is 8.03. The summed E-state index contributed by atoms with van der Waals surface area (Å²) in [5, 5.41) is 6.97. The van der Waals surface area contributed by atoms with E-state index in [0.29, 0.717) is 19.1 Å². The molecule has 0 bridgehead atoms. The molecule has 7 heteroatoms. The fourth-order valence-corrected chi connectivity index (χ4v) is 4.01. The summed E-state index contributed by atoms with van der Waals surface area (Å²) in [5.74, 6) is 1.68. The van der Waals surface area contributed by atoms with Crippen molar-refractivity contribution in [2.75, 3.05) is 50.8 Å². The van der Waals surface area contributed by atoms with Crippen molar-refractivity contribution in [1.82, 2.24) is 15.5 Å². The van der Waals surface area contributed by atoms with E-state index in [2.05, 4.69) is 29.4 Å². The lowest BCUT2D eigenvalue weighted by atomic mass is 10.0. The number of aliphatic imine (C=N–C) groups is 1. The summed E-state index contributed by atoms with van der Waals surface area (Å²) in [6.07, 6.45) is 5.68. The van der Waals surface area contributed by atoms with E-state index in [4.69, 9.17) is 9.73 Å². The van der Waals surface area contributed by atoms with Crippen molar-refractivity contribution in [3.05, 3.63) is 24.3 Å². The van der Waals surface area contributed by atoms with Gasteiger partial charge in [0.15, 0.2) is 12.6 Å². The summed E-state index contributed by atoms with van der Waals surface area (Å²) in [5.41, 5.74) is 0.859. The molecule has 2 heterocycles. The second kappa shape index (κ2) is 11.8. The average Bonchev–Trinajstić information content (AvgIpc) is 2.77. The first-order chi connectivity index (χ1) is 14.7. The number of benzene rings is 1. The van der Waals surface area contributed by atoms with Crippen molar-refractivity contribution in [2.24, 2.45) is 4.99 Å². The monoisotopic (exact) mass is 415 g/mol. The van der Waals surface area contributed by atoms with Gasteiger partial charge >= 0.3 is 0 Å². The van der Waals surface area contributed by atoms with Crippen LogP contribution in [0.1, 0.15) is 46.0 Å². The largest absolute Gasteiger partial charge is 0.482 e. The minimum absolute atomic E-state index is 0.0116. The highest BCUT2D eigenvalue weighted by Gasteiger charge is 2.24. The molecule has 0 radical (unpaired) electrons. The van der Waals surface area contributed by atoms with Crippen LogP contribution in [0.25, 0.3) is 0 Å². The van der Waals surface area contributed by atoms with Gasteiger partial charge in [-0.2, -0.15) is 0 Å². The number of likely N-dealkylation sites (tertiary alicyclic amines) is 1. The Morgan fingerprint density at radius 3 is 2.73 bits per heavy atom. The third-order valence-corrected chi connectivity index (χ3v) is 5.72. The number of guanidine groups is 1. The zero-order valence-electron chi connectivity index (χ0n) is 18.5. The number of hydrogen-bond acceptors (Lipinski definition) is 4. The fraction of sp³-hybridized carbons (Fsp3) is 0.652. The molecule has 1 saturated heterocycles. The number of carbonyl (C=O) groups is 1. The predicted molar refractivity (Wildman–Crippen MR) is 122 cm³/mol. The molecule has 0 aromatic heterocycles. The Balaban J connectivity index is 1.46. The quantitative estimate of drug-likeness (QED) is 0.369. The lowest BCUT2D eigenvalue weighted by Gasteiger charge is -2.33. The van der Waals surface area contributed by atoms with Gasteiger partial charge in [-0.05, 0) is 51.3 Å². The van der Waals surface area contributed by atoms with Crippen molar-refractivity contribution in [3.63, 3.8) is 0 Å². The number of nitrogens with one attached hydrogen (secondary N) is 2. The van der Waals surface area contributed by atoms with Crippen LogP contribution < -0.4 is 20.3 Å². The van der Waals surface area contributed by atoms with Gasteiger partial charge in [0.05, 0.1) is 5.69 Å². The number of carbonyl (C=O) groups excluding carboxylic acids is 1. The highest BCUT2D eigenvalue weighted by molar-refractivity contribution is 5.97. The summed E-state index contributed by atoms with van der Waals surface area (Å²) < 4.78 is 5.51. The van der Waals surface area contributed by atoms with Crippen molar-refractivity contribution in [3.8, 4) is 5.75 Å². The highest BCUT2D eigenvalue weighted by atomic mass is 16.5. The predicted octanol–water partition coefficient (Wildman–Crippen LogP) is 2.62. The smallest absolute Gasteiger partial charge is 0.265 e. The number of fused-ring (bicyclic) bond motifs is 1. The molecule has 166 valence electrons. The first-order valence-electron chi connectivity index (χ1n) is 11.5. The molecule has 0 unspecified atom stereocenters. The van der Waals surface area contributed by atoms with Gasteiger partial charge < -0.3 is 25.2 Å². The number of anilines is 1. The molecule has 0 spiro atoms. The van der Waals surface area contributed by atoms with E-state index in [0.717, 1.165) is 56.3 Å². The Bertz CT molecular complexity index is 701. The zero-order chi connectivity index (χ0) is 21.2. The Labute approximate surface area is 180 Å². The molecular formula is C23H37N5O2. The lowest BCUT2D eigenvalue weighted by molar-refractivity contribution is -0.121. The number of hydrogen-bond donors (Lipinski definition) is 2. The molecular weight excluding hydrogens is 378 g/mol. The maximum absolute atomic E-state index is 12.3. The van der Waals surface area contributed by atoms with E-state index in [9.17, 15) is 4.79 Å². The number of amides is 1. The molecule has 30 heavy (non-hydrogen) atoms. The van der Waals surface area contributed by atoms with E-state index < -0.39 is 0 Å². The lowest BCUT2D eigenvalue weighted by Crippen LogP contribution is -2.48. The summed E-state index contributed by atoms with van der Waals surface area (Å²) in [6.45, 7) is 10.2. The Hall–Kier alpha value is -2.28. The number of unbranched alkanes of at least 4 members (excludes halogenated alkanes) is 1.